The van der Waals surface area contributed by atoms with Gasteiger partial charge < -0.3 is 10.1 Å². The van der Waals surface area contributed by atoms with Crippen LogP contribution in [0.1, 0.15) is 18.9 Å². The topological polar surface area (TPSA) is 34.2 Å². The molecule has 0 radical (unpaired) electrons. The van der Waals surface area contributed by atoms with Gasteiger partial charge in [0.05, 0.1) is 5.02 Å². The highest BCUT2D eigenvalue weighted by molar-refractivity contribution is 6.35. The van der Waals surface area contributed by atoms with E-state index in [1.807, 2.05) is 6.92 Å². The van der Waals surface area contributed by atoms with Gasteiger partial charge in [-0.25, -0.2) is 9.37 Å². The molecule has 0 saturated carbocycles. The SMILES string of the molecule is CCCNCc1ccnc(Oc2ccc(Cl)cc2Cl)c1F. The lowest BCUT2D eigenvalue weighted by molar-refractivity contribution is 0.417. The zero-order chi connectivity index (χ0) is 15.2. The minimum Gasteiger partial charge on any atom is -0.435 e. The predicted octanol–water partition coefficient (Wildman–Crippen LogP) is 4.82. The van der Waals surface area contributed by atoms with Gasteiger partial charge in [-0.1, -0.05) is 30.1 Å². The Hall–Kier alpha value is -1.36. The first kappa shape index (κ1) is 16.0. The number of hydrogen-bond donors (Lipinski definition) is 1. The van der Waals surface area contributed by atoms with Crippen LogP contribution in [0.5, 0.6) is 11.6 Å². The Balaban J connectivity index is 2.18. The molecule has 0 amide bonds. The molecule has 0 fully saturated rings. The van der Waals surface area contributed by atoms with Crippen LogP contribution in [-0.2, 0) is 6.54 Å². The molecule has 0 atom stereocenters. The van der Waals surface area contributed by atoms with E-state index in [9.17, 15) is 4.39 Å². The van der Waals surface area contributed by atoms with Crippen LogP contribution in [0.2, 0.25) is 10.0 Å². The number of benzene rings is 1. The fourth-order valence-corrected chi connectivity index (χ4v) is 2.18. The van der Waals surface area contributed by atoms with Gasteiger partial charge in [0, 0.05) is 23.3 Å². The zero-order valence-corrected chi connectivity index (χ0v) is 13.0. The Morgan fingerprint density at radius 1 is 1.29 bits per heavy atom. The second-order valence-electron chi connectivity index (χ2n) is 4.44. The molecule has 0 aliphatic carbocycles. The number of nitrogens with zero attached hydrogens (tertiary/aromatic N) is 1. The maximum atomic E-state index is 14.3. The molecule has 1 aromatic carbocycles. The number of pyridine rings is 1. The minimum atomic E-state index is -0.493. The van der Waals surface area contributed by atoms with Crippen LogP contribution >= 0.6 is 23.2 Å². The van der Waals surface area contributed by atoms with Gasteiger partial charge in [-0.05, 0) is 37.2 Å². The first-order valence-corrected chi connectivity index (χ1v) is 7.34. The van der Waals surface area contributed by atoms with Gasteiger partial charge in [0.2, 0.25) is 0 Å². The Morgan fingerprint density at radius 3 is 2.81 bits per heavy atom. The van der Waals surface area contributed by atoms with E-state index in [4.69, 9.17) is 27.9 Å². The van der Waals surface area contributed by atoms with E-state index in [2.05, 4.69) is 10.3 Å². The van der Waals surface area contributed by atoms with Gasteiger partial charge >= 0.3 is 0 Å². The number of aromatic nitrogens is 1. The number of ether oxygens (including phenoxy) is 1. The smallest absolute Gasteiger partial charge is 0.256 e. The van der Waals surface area contributed by atoms with Crippen LogP contribution < -0.4 is 10.1 Å². The number of rotatable bonds is 6. The van der Waals surface area contributed by atoms with Crippen molar-refractivity contribution < 1.29 is 9.13 Å². The molecule has 21 heavy (non-hydrogen) atoms. The molecule has 3 nitrogen and oxygen atoms in total. The Labute approximate surface area is 133 Å². The molecule has 1 heterocycles. The van der Waals surface area contributed by atoms with Crippen LogP contribution in [0, 0.1) is 5.82 Å². The summed E-state index contributed by atoms with van der Waals surface area (Å²) in [6, 6.07) is 6.35. The minimum absolute atomic E-state index is 0.102. The highest BCUT2D eigenvalue weighted by atomic mass is 35.5. The molecule has 0 bridgehead atoms. The zero-order valence-electron chi connectivity index (χ0n) is 11.5. The quantitative estimate of drug-likeness (QED) is 0.772. The number of hydrogen-bond acceptors (Lipinski definition) is 3. The standard InChI is InChI=1S/C15H15Cl2FN2O/c1-2-6-19-9-10-5-7-20-15(14(10)18)21-13-4-3-11(16)8-12(13)17/h3-5,7-8,19H,2,6,9H2,1H3. The summed E-state index contributed by atoms with van der Waals surface area (Å²) in [5.41, 5.74) is 0.499. The van der Waals surface area contributed by atoms with Crippen molar-refractivity contribution in [3.8, 4) is 11.6 Å². The van der Waals surface area contributed by atoms with Gasteiger partial charge in [-0.2, -0.15) is 0 Å². The van der Waals surface area contributed by atoms with Gasteiger partial charge in [-0.3, -0.25) is 0 Å². The van der Waals surface area contributed by atoms with Gasteiger partial charge in [0.25, 0.3) is 5.88 Å². The number of nitrogens with one attached hydrogen (secondary N) is 1. The Morgan fingerprint density at radius 2 is 2.10 bits per heavy atom. The highest BCUT2D eigenvalue weighted by Gasteiger charge is 2.13. The van der Waals surface area contributed by atoms with Crippen LogP contribution in [-0.4, -0.2) is 11.5 Å². The van der Waals surface area contributed by atoms with Crippen LogP contribution in [0.4, 0.5) is 4.39 Å². The van der Waals surface area contributed by atoms with Gasteiger partial charge in [0.15, 0.2) is 5.82 Å². The number of halogens is 3. The van der Waals surface area contributed by atoms with Crippen molar-refractivity contribution in [2.75, 3.05) is 6.54 Å². The summed E-state index contributed by atoms with van der Waals surface area (Å²) in [5, 5.41) is 3.92. The van der Waals surface area contributed by atoms with Crippen LogP contribution in [0.15, 0.2) is 30.5 Å². The van der Waals surface area contributed by atoms with Crippen molar-refractivity contribution in [2.24, 2.45) is 0 Å². The largest absolute Gasteiger partial charge is 0.435 e. The molecule has 0 aliphatic heterocycles. The van der Waals surface area contributed by atoms with Crippen molar-refractivity contribution in [2.45, 2.75) is 19.9 Å². The average molecular weight is 329 g/mol. The predicted molar refractivity (Wildman–Crippen MR) is 82.7 cm³/mol. The first-order chi connectivity index (χ1) is 10.1. The monoisotopic (exact) mass is 328 g/mol. The van der Waals surface area contributed by atoms with E-state index in [1.165, 1.54) is 12.3 Å². The van der Waals surface area contributed by atoms with Crippen molar-refractivity contribution in [3.05, 3.63) is 51.9 Å². The summed E-state index contributed by atoms with van der Waals surface area (Å²) in [6.07, 6.45) is 2.49. The van der Waals surface area contributed by atoms with E-state index in [0.717, 1.165) is 13.0 Å². The molecule has 2 rings (SSSR count). The van der Waals surface area contributed by atoms with E-state index in [-0.39, 0.29) is 5.88 Å². The molecule has 0 spiro atoms. The maximum Gasteiger partial charge on any atom is 0.256 e. The molecular weight excluding hydrogens is 314 g/mol. The molecule has 1 N–H and O–H groups in total. The molecule has 0 unspecified atom stereocenters. The fourth-order valence-electron chi connectivity index (χ4n) is 1.73. The third kappa shape index (κ3) is 4.30. The summed E-state index contributed by atoms with van der Waals surface area (Å²) >= 11 is 11.8. The van der Waals surface area contributed by atoms with E-state index in [1.54, 1.807) is 18.2 Å². The van der Waals surface area contributed by atoms with E-state index >= 15 is 0 Å². The average Bonchev–Trinajstić information content (AvgIpc) is 2.46. The third-order valence-electron chi connectivity index (χ3n) is 2.78. The van der Waals surface area contributed by atoms with E-state index < -0.39 is 5.82 Å². The third-order valence-corrected chi connectivity index (χ3v) is 3.31. The fraction of sp³-hybridized carbons (Fsp3) is 0.267. The lowest BCUT2D eigenvalue weighted by atomic mass is 10.2. The summed E-state index contributed by atoms with van der Waals surface area (Å²) in [7, 11) is 0. The molecule has 112 valence electrons. The molecular formula is C15H15Cl2FN2O. The molecule has 6 heteroatoms. The van der Waals surface area contributed by atoms with Gasteiger partial charge in [-0.15, -0.1) is 0 Å². The van der Waals surface area contributed by atoms with Crippen LogP contribution in [0.25, 0.3) is 0 Å². The second-order valence-corrected chi connectivity index (χ2v) is 5.29. The van der Waals surface area contributed by atoms with Crippen LogP contribution in [0.3, 0.4) is 0 Å². The lowest BCUT2D eigenvalue weighted by Crippen LogP contribution is -2.15. The Bertz CT molecular complexity index is 623. The molecule has 1 aromatic heterocycles. The van der Waals surface area contributed by atoms with Crippen molar-refractivity contribution in [3.63, 3.8) is 0 Å². The van der Waals surface area contributed by atoms with Crippen molar-refractivity contribution in [1.82, 2.24) is 10.3 Å². The second kappa shape index (κ2) is 7.59. The molecule has 0 aliphatic rings. The first-order valence-electron chi connectivity index (χ1n) is 6.58. The normalized spacial score (nSPS) is 10.7. The van der Waals surface area contributed by atoms with Crippen molar-refractivity contribution in [1.29, 1.82) is 0 Å². The summed E-state index contributed by atoms with van der Waals surface area (Å²) in [6.45, 7) is 3.29. The summed E-state index contributed by atoms with van der Waals surface area (Å²) < 4.78 is 19.7. The molecule has 2 aromatic rings. The highest BCUT2D eigenvalue weighted by Crippen LogP contribution is 2.32. The summed E-state index contributed by atoms with van der Waals surface area (Å²) in [5.74, 6) is -0.284. The van der Waals surface area contributed by atoms with E-state index in [0.29, 0.717) is 27.9 Å². The lowest BCUT2D eigenvalue weighted by Gasteiger charge is -2.10. The maximum absolute atomic E-state index is 14.3. The van der Waals surface area contributed by atoms with Crippen molar-refractivity contribution >= 4 is 23.2 Å². The Kier molecular flexibility index (Phi) is 5.79. The summed E-state index contributed by atoms with van der Waals surface area (Å²) in [4.78, 5) is 3.91. The molecule has 0 saturated heterocycles. The van der Waals surface area contributed by atoms with Gasteiger partial charge in [0.1, 0.15) is 5.75 Å².